The van der Waals surface area contributed by atoms with Gasteiger partial charge in [0.15, 0.2) is 0 Å². The quantitative estimate of drug-likeness (QED) is 0.800. The molecular formula is C13H11BrO3S. The molecule has 0 saturated carbocycles. The average molecular weight is 327 g/mol. The summed E-state index contributed by atoms with van der Waals surface area (Å²) in [6.07, 6.45) is 0. The van der Waals surface area contributed by atoms with Gasteiger partial charge in [-0.05, 0) is 29.6 Å². The molecule has 5 heteroatoms. The van der Waals surface area contributed by atoms with Crippen molar-refractivity contribution < 1.29 is 14.3 Å². The predicted octanol–water partition coefficient (Wildman–Crippen LogP) is 3.88. The molecule has 0 bridgehead atoms. The SMILES string of the molecule is COC(=O)c1cc(Br)ccc1OCc1cccs1. The summed E-state index contributed by atoms with van der Waals surface area (Å²) in [5.41, 5.74) is 0.420. The van der Waals surface area contributed by atoms with E-state index < -0.39 is 5.97 Å². The topological polar surface area (TPSA) is 35.5 Å². The Balaban J connectivity index is 2.18. The second-order valence-electron chi connectivity index (χ2n) is 3.50. The van der Waals surface area contributed by atoms with Crippen molar-refractivity contribution in [2.45, 2.75) is 6.61 Å². The Hall–Kier alpha value is -1.33. The number of rotatable bonds is 4. The number of carbonyl (C=O) groups excluding carboxylic acids is 1. The predicted molar refractivity (Wildman–Crippen MR) is 74.1 cm³/mol. The normalized spacial score (nSPS) is 10.1. The Morgan fingerprint density at radius 2 is 2.22 bits per heavy atom. The number of carbonyl (C=O) groups is 1. The van der Waals surface area contributed by atoms with Crippen LogP contribution in [0.5, 0.6) is 5.75 Å². The molecule has 0 unspecified atom stereocenters. The fourth-order valence-corrected chi connectivity index (χ4v) is 2.42. The minimum absolute atomic E-state index is 0.405. The van der Waals surface area contributed by atoms with Crippen molar-refractivity contribution in [3.8, 4) is 5.75 Å². The minimum Gasteiger partial charge on any atom is -0.487 e. The van der Waals surface area contributed by atoms with Gasteiger partial charge in [0, 0.05) is 9.35 Å². The maximum Gasteiger partial charge on any atom is 0.341 e. The number of methoxy groups -OCH3 is 1. The highest BCUT2D eigenvalue weighted by molar-refractivity contribution is 9.10. The van der Waals surface area contributed by atoms with Crippen LogP contribution in [0.15, 0.2) is 40.2 Å². The molecule has 94 valence electrons. The van der Waals surface area contributed by atoms with E-state index in [-0.39, 0.29) is 0 Å². The smallest absolute Gasteiger partial charge is 0.341 e. The van der Waals surface area contributed by atoms with Crippen LogP contribution < -0.4 is 4.74 Å². The Bertz CT molecular complexity index is 537. The van der Waals surface area contributed by atoms with Gasteiger partial charge in [0.1, 0.15) is 17.9 Å². The van der Waals surface area contributed by atoms with Crippen LogP contribution in [-0.4, -0.2) is 13.1 Å². The van der Waals surface area contributed by atoms with Gasteiger partial charge >= 0.3 is 5.97 Å². The van der Waals surface area contributed by atoms with Gasteiger partial charge in [-0.15, -0.1) is 11.3 Å². The third-order valence-electron chi connectivity index (χ3n) is 2.30. The standard InChI is InChI=1S/C13H11BrO3S/c1-16-13(15)11-7-9(14)4-5-12(11)17-8-10-3-2-6-18-10/h2-7H,8H2,1H3. The van der Waals surface area contributed by atoms with Crippen molar-refractivity contribution in [3.05, 3.63) is 50.6 Å². The van der Waals surface area contributed by atoms with Crippen molar-refractivity contribution in [2.24, 2.45) is 0 Å². The first-order chi connectivity index (χ1) is 8.70. The molecule has 1 aromatic carbocycles. The van der Waals surface area contributed by atoms with Crippen molar-refractivity contribution in [3.63, 3.8) is 0 Å². The number of esters is 1. The van der Waals surface area contributed by atoms with E-state index in [1.165, 1.54) is 7.11 Å². The summed E-state index contributed by atoms with van der Waals surface area (Å²) in [5, 5.41) is 1.99. The molecule has 0 aliphatic carbocycles. The van der Waals surface area contributed by atoms with E-state index >= 15 is 0 Å². The minimum atomic E-state index is -0.405. The van der Waals surface area contributed by atoms with Crippen LogP contribution in [0.1, 0.15) is 15.2 Å². The number of benzene rings is 1. The summed E-state index contributed by atoms with van der Waals surface area (Å²) < 4.78 is 11.2. The lowest BCUT2D eigenvalue weighted by Gasteiger charge is -2.09. The number of thiophene rings is 1. The molecule has 0 aliphatic heterocycles. The van der Waals surface area contributed by atoms with Crippen molar-refractivity contribution >= 4 is 33.2 Å². The fourth-order valence-electron chi connectivity index (χ4n) is 1.44. The Labute approximate surface area is 117 Å². The zero-order chi connectivity index (χ0) is 13.0. The lowest BCUT2D eigenvalue weighted by Crippen LogP contribution is -2.05. The molecule has 0 atom stereocenters. The molecule has 0 aliphatic rings. The van der Waals surface area contributed by atoms with Gasteiger partial charge in [-0.25, -0.2) is 4.79 Å². The molecule has 1 aromatic heterocycles. The molecule has 0 spiro atoms. The molecule has 2 aromatic rings. The Kier molecular flexibility index (Phi) is 4.38. The van der Waals surface area contributed by atoms with Gasteiger partial charge in [-0.2, -0.15) is 0 Å². The van der Waals surface area contributed by atoms with Gasteiger partial charge in [0.05, 0.1) is 7.11 Å². The van der Waals surface area contributed by atoms with E-state index in [1.807, 2.05) is 23.6 Å². The molecule has 0 fully saturated rings. The van der Waals surface area contributed by atoms with Gasteiger partial charge in [0.25, 0.3) is 0 Å². The highest BCUT2D eigenvalue weighted by atomic mass is 79.9. The fraction of sp³-hybridized carbons (Fsp3) is 0.154. The van der Waals surface area contributed by atoms with Gasteiger partial charge < -0.3 is 9.47 Å². The molecule has 0 saturated heterocycles. The largest absolute Gasteiger partial charge is 0.487 e. The highest BCUT2D eigenvalue weighted by Crippen LogP contribution is 2.25. The van der Waals surface area contributed by atoms with Crippen LogP contribution >= 0.6 is 27.3 Å². The van der Waals surface area contributed by atoms with Crippen LogP contribution in [0.2, 0.25) is 0 Å². The van der Waals surface area contributed by atoms with Gasteiger partial charge in [-0.3, -0.25) is 0 Å². The molecule has 0 N–H and O–H groups in total. The summed E-state index contributed by atoms with van der Waals surface area (Å²) in [5.74, 6) is 0.121. The van der Waals surface area contributed by atoms with Crippen LogP contribution in [0.3, 0.4) is 0 Å². The summed E-state index contributed by atoms with van der Waals surface area (Å²) >= 11 is 4.94. The van der Waals surface area contributed by atoms with E-state index in [2.05, 4.69) is 15.9 Å². The Morgan fingerprint density at radius 3 is 2.89 bits per heavy atom. The highest BCUT2D eigenvalue weighted by Gasteiger charge is 2.13. The molecular weight excluding hydrogens is 316 g/mol. The van der Waals surface area contributed by atoms with Crippen LogP contribution in [0.4, 0.5) is 0 Å². The second-order valence-corrected chi connectivity index (χ2v) is 5.45. The first-order valence-electron chi connectivity index (χ1n) is 5.24. The Morgan fingerprint density at radius 1 is 1.39 bits per heavy atom. The number of hydrogen-bond acceptors (Lipinski definition) is 4. The lowest BCUT2D eigenvalue weighted by molar-refractivity contribution is 0.0595. The average Bonchev–Trinajstić information content (AvgIpc) is 2.89. The van der Waals surface area contributed by atoms with E-state index in [0.29, 0.717) is 17.9 Å². The van der Waals surface area contributed by atoms with Crippen LogP contribution in [0, 0.1) is 0 Å². The summed E-state index contributed by atoms with van der Waals surface area (Å²) in [7, 11) is 1.35. The van der Waals surface area contributed by atoms with Crippen molar-refractivity contribution in [1.82, 2.24) is 0 Å². The maximum atomic E-state index is 11.6. The molecule has 18 heavy (non-hydrogen) atoms. The number of halogens is 1. The summed E-state index contributed by atoms with van der Waals surface area (Å²) in [6.45, 7) is 0.448. The monoisotopic (exact) mass is 326 g/mol. The molecule has 2 rings (SSSR count). The van der Waals surface area contributed by atoms with Crippen LogP contribution in [-0.2, 0) is 11.3 Å². The first-order valence-corrected chi connectivity index (χ1v) is 6.91. The zero-order valence-electron chi connectivity index (χ0n) is 9.68. The molecule has 3 nitrogen and oxygen atoms in total. The van der Waals surface area contributed by atoms with E-state index in [0.717, 1.165) is 9.35 Å². The van der Waals surface area contributed by atoms with Crippen LogP contribution in [0.25, 0.3) is 0 Å². The summed E-state index contributed by atoms with van der Waals surface area (Å²) in [4.78, 5) is 12.7. The van der Waals surface area contributed by atoms with Gasteiger partial charge in [0.2, 0.25) is 0 Å². The third kappa shape index (κ3) is 3.11. The second kappa shape index (κ2) is 6.02. The van der Waals surface area contributed by atoms with E-state index in [9.17, 15) is 4.79 Å². The molecule has 1 heterocycles. The number of ether oxygens (including phenoxy) is 2. The lowest BCUT2D eigenvalue weighted by atomic mass is 10.2. The van der Waals surface area contributed by atoms with E-state index in [1.54, 1.807) is 23.5 Å². The van der Waals surface area contributed by atoms with Gasteiger partial charge in [-0.1, -0.05) is 22.0 Å². The molecule has 0 amide bonds. The molecule has 0 radical (unpaired) electrons. The first kappa shape index (κ1) is 13.1. The van der Waals surface area contributed by atoms with E-state index in [4.69, 9.17) is 9.47 Å². The van der Waals surface area contributed by atoms with Crippen molar-refractivity contribution in [2.75, 3.05) is 7.11 Å². The summed E-state index contributed by atoms with van der Waals surface area (Å²) in [6, 6.07) is 9.23. The zero-order valence-corrected chi connectivity index (χ0v) is 12.1. The number of hydrogen-bond donors (Lipinski definition) is 0. The third-order valence-corrected chi connectivity index (χ3v) is 3.64. The van der Waals surface area contributed by atoms with Crippen molar-refractivity contribution in [1.29, 1.82) is 0 Å². The maximum absolute atomic E-state index is 11.6.